The van der Waals surface area contributed by atoms with Gasteiger partial charge in [0.1, 0.15) is 22.2 Å². The average molecular weight is 362 g/mol. The van der Waals surface area contributed by atoms with Crippen LogP contribution in [0.15, 0.2) is 22.7 Å². The van der Waals surface area contributed by atoms with Crippen molar-refractivity contribution in [1.82, 2.24) is 0 Å². The summed E-state index contributed by atoms with van der Waals surface area (Å²) in [6, 6.07) is 3.83. The van der Waals surface area contributed by atoms with Crippen LogP contribution in [0.4, 0.5) is 14.5 Å². The molecule has 106 valence electrons. The lowest BCUT2D eigenvalue weighted by Crippen LogP contribution is -2.04. The number of carbonyl (C=O) groups is 1. The highest BCUT2D eigenvalue weighted by Crippen LogP contribution is 2.26. The van der Waals surface area contributed by atoms with Crippen LogP contribution in [0.25, 0.3) is 0 Å². The maximum absolute atomic E-state index is 13.6. The molecule has 2 aromatic rings. The van der Waals surface area contributed by atoms with Gasteiger partial charge in [-0.25, -0.2) is 13.6 Å². The van der Waals surface area contributed by atoms with Crippen LogP contribution >= 0.6 is 27.3 Å². The first-order valence-electron chi connectivity index (χ1n) is 5.59. The number of halogens is 3. The highest BCUT2D eigenvalue weighted by molar-refractivity contribution is 9.10. The van der Waals surface area contributed by atoms with E-state index in [9.17, 15) is 13.6 Å². The van der Waals surface area contributed by atoms with Gasteiger partial charge in [-0.1, -0.05) is 15.9 Å². The molecule has 0 radical (unpaired) electrons. The fraction of sp³-hybridized carbons (Fsp3) is 0.154. The lowest BCUT2D eigenvalue weighted by molar-refractivity contribution is 0.0702. The smallest absolute Gasteiger partial charge is 0.345 e. The number of carboxylic acid groups (broad SMARTS) is 1. The summed E-state index contributed by atoms with van der Waals surface area (Å²) in [7, 11) is 0. The Bertz CT molecular complexity index is 649. The zero-order valence-corrected chi connectivity index (χ0v) is 12.7. The van der Waals surface area contributed by atoms with Crippen LogP contribution in [0.5, 0.6) is 0 Å². The van der Waals surface area contributed by atoms with Crippen molar-refractivity contribution in [2.75, 3.05) is 5.32 Å². The second kappa shape index (κ2) is 5.88. The molecule has 2 rings (SSSR count). The molecular weight excluding hydrogens is 352 g/mol. The Morgan fingerprint density at radius 2 is 1.95 bits per heavy atom. The van der Waals surface area contributed by atoms with Gasteiger partial charge in [0, 0.05) is 15.9 Å². The third kappa shape index (κ3) is 3.16. The largest absolute Gasteiger partial charge is 0.477 e. The summed E-state index contributed by atoms with van der Waals surface area (Å²) >= 11 is 4.14. The van der Waals surface area contributed by atoms with Crippen LogP contribution < -0.4 is 5.32 Å². The third-order valence-electron chi connectivity index (χ3n) is 2.69. The van der Waals surface area contributed by atoms with Gasteiger partial charge in [-0.05, 0) is 30.7 Å². The van der Waals surface area contributed by atoms with E-state index in [1.807, 2.05) is 0 Å². The summed E-state index contributed by atoms with van der Waals surface area (Å²) < 4.78 is 27.6. The number of thiophene rings is 1. The molecule has 1 aromatic carbocycles. The topological polar surface area (TPSA) is 49.3 Å². The Kier molecular flexibility index (Phi) is 4.39. The van der Waals surface area contributed by atoms with Crippen molar-refractivity contribution < 1.29 is 18.7 Å². The molecule has 2 N–H and O–H groups in total. The van der Waals surface area contributed by atoms with Gasteiger partial charge in [0.05, 0.1) is 0 Å². The molecule has 3 nitrogen and oxygen atoms in total. The van der Waals surface area contributed by atoms with Gasteiger partial charge in [-0.2, -0.15) is 0 Å². The van der Waals surface area contributed by atoms with E-state index in [1.54, 1.807) is 6.92 Å². The molecule has 0 bridgehead atoms. The van der Waals surface area contributed by atoms with Crippen molar-refractivity contribution in [3.8, 4) is 0 Å². The molecule has 0 fully saturated rings. The highest BCUT2D eigenvalue weighted by Gasteiger charge is 2.13. The van der Waals surface area contributed by atoms with Gasteiger partial charge in [0.15, 0.2) is 0 Å². The minimum absolute atomic E-state index is 0.158. The normalized spacial score (nSPS) is 10.6. The summed E-state index contributed by atoms with van der Waals surface area (Å²) in [6.07, 6.45) is 0. The maximum Gasteiger partial charge on any atom is 0.345 e. The van der Waals surface area contributed by atoms with Crippen molar-refractivity contribution in [2.24, 2.45) is 0 Å². The molecule has 0 unspecified atom stereocenters. The second-order valence-corrected chi connectivity index (χ2v) is 6.27. The van der Waals surface area contributed by atoms with Crippen molar-refractivity contribution in [3.05, 3.63) is 49.6 Å². The summed E-state index contributed by atoms with van der Waals surface area (Å²) in [5.74, 6) is -2.42. The molecule has 0 aliphatic heterocycles. The second-order valence-electron chi connectivity index (χ2n) is 4.10. The number of aryl methyl sites for hydroxylation is 1. The predicted molar refractivity (Wildman–Crippen MR) is 77.4 cm³/mol. The molecular formula is C13H10BrF2NO2S. The average Bonchev–Trinajstić information content (AvgIpc) is 2.70. The van der Waals surface area contributed by atoms with E-state index in [-0.39, 0.29) is 17.1 Å². The summed E-state index contributed by atoms with van der Waals surface area (Å²) in [4.78, 5) is 11.9. The zero-order valence-electron chi connectivity index (χ0n) is 10.3. The van der Waals surface area contributed by atoms with Crippen molar-refractivity contribution in [2.45, 2.75) is 13.5 Å². The number of rotatable bonds is 4. The Morgan fingerprint density at radius 3 is 2.45 bits per heavy atom. The van der Waals surface area contributed by atoms with Gasteiger partial charge < -0.3 is 10.4 Å². The van der Waals surface area contributed by atoms with Crippen LogP contribution in [0.2, 0.25) is 0 Å². The fourth-order valence-corrected chi connectivity index (χ4v) is 2.98. The van der Waals surface area contributed by atoms with Crippen LogP contribution in [0.3, 0.4) is 0 Å². The molecule has 0 saturated carbocycles. The van der Waals surface area contributed by atoms with Gasteiger partial charge in [0.2, 0.25) is 0 Å². The molecule has 20 heavy (non-hydrogen) atoms. The SMILES string of the molecule is Cc1sc(C(=O)O)cc1CNc1c(F)cc(Br)cc1F. The van der Waals surface area contributed by atoms with Gasteiger partial charge >= 0.3 is 5.97 Å². The lowest BCUT2D eigenvalue weighted by atomic mass is 10.2. The predicted octanol–water partition coefficient (Wildman–Crippen LogP) is 4.41. The number of nitrogens with one attached hydrogen (secondary N) is 1. The molecule has 0 saturated heterocycles. The van der Waals surface area contributed by atoms with E-state index < -0.39 is 17.6 Å². The molecule has 7 heteroatoms. The summed E-state index contributed by atoms with van der Waals surface area (Å²) in [5, 5.41) is 11.6. The van der Waals surface area contributed by atoms with E-state index in [4.69, 9.17) is 5.11 Å². The quantitative estimate of drug-likeness (QED) is 0.847. The van der Waals surface area contributed by atoms with E-state index in [0.717, 1.165) is 28.3 Å². The van der Waals surface area contributed by atoms with Gasteiger partial charge in [-0.3, -0.25) is 0 Å². The number of hydrogen-bond acceptors (Lipinski definition) is 3. The number of aromatic carboxylic acids is 1. The Labute approximate surface area is 126 Å². The van der Waals surface area contributed by atoms with Gasteiger partial charge in [0.25, 0.3) is 0 Å². The first-order chi connectivity index (χ1) is 9.38. The van der Waals surface area contributed by atoms with Crippen LogP contribution in [-0.4, -0.2) is 11.1 Å². The monoisotopic (exact) mass is 361 g/mol. The Morgan fingerprint density at radius 1 is 1.35 bits per heavy atom. The van der Waals surface area contributed by atoms with Crippen molar-refractivity contribution in [1.29, 1.82) is 0 Å². The van der Waals surface area contributed by atoms with Crippen LogP contribution in [-0.2, 0) is 6.54 Å². The van der Waals surface area contributed by atoms with E-state index in [2.05, 4.69) is 21.2 Å². The molecule has 0 aliphatic carbocycles. The summed E-state index contributed by atoms with van der Waals surface area (Å²) in [6.45, 7) is 1.92. The molecule has 0 aliphatic rings. The molecule has 0 spiro atoms. The van der Waals surface area contributed by atoms with Crippen molar-refractivity contribution in [3.63, 3.8) is 0 Å². The van der Waals surface area contributed by atoms with Crippen LogP contribution in [0, 0.1) is 18.6 Å². The Hall–Kier alpha value is -1.47. The number of benzene rings is 1. The van der Waals surface area contributed by atoms with Gasteiger partial charge in [-0.15, -0.1) is 11.3 Å². The number of carboxylic acids is 1. The molecule has 1 aromatic heterocycles. The number of hydrogen-bond donors (Lipinski definition) is 2. The zero-order chi connectivity index (χ0) is 14.9. The lowest BCUT2D eigenvalue weighted by Gasteiger charge is -2.09. The van der Waals surface area contributed by atoms with Crippen LogP contribution in [0.1, 0.15) is 20.1 Å². The Balaban J connectivity index is 2.19. The molecule has 0 atom stereocenters. The molecule has 0 amide bonds. The molecule has 1 heterocycles. The maximum atomic E-state index is 13.6. The standard InChI is InChI=1S/C13H10BrF2NO2S/c1-6-7(2-11(20-6)13(18)19)5-17-12-9(15)3-8(14)4-10(12)16/h2-4,17H,5H2,1H3,(H,18,19). The fourth-order valence-electron chi connectivity index (χ4n) is 1.70. The number of anilines is 1. The highest BCUT2D eigenvalue weighted by atomic mass is 79.9. The first-order valence-corrected chi connectivity index (χ1v) is 7.20. The third-order valence-corrected chi connectivity index (χ3v) is 4.23. The minimum atomic E-state index is -1.01. The van der Waals surface area contributed by atoms with E-state index in [1.165, 1.54) is 6.07 Å². The van der Waals surface area contributed by atoms with Crippen molar-refractivity contribution >= 4 is 38.9 Å². The minimum Gasteiger partial charge on any atom is -0.477 e. The first kappa shape index (κ1) is 14.9. The van der Waals surface area contributed by atoms with E-state index in [0.29, 0.717) is 10.0 Å². The summed E-state index contributed by atoms with van der Waals surface area (Å²) in [5.41, 5.74) is 0.477. The van der Waals surface area contributed by atoms with E-state index >= 15 is 0 Å².